The number of carboxylic acid groups (broad SMARTS) is 1. The highest BCUT2D eigenvalue weighted by Crippen LogP contribution is 2.38. The van der Waals surface area contributed by atoms with Crippen molar-refractivity contribution >= 4 is 16.0 Å². The highest BCUT2D eigenvalue weighted by Gasteiger charge is 2.40. The molecule has 0 radical (unpaired) electrons. The maximum Gasteiger partial charge on any atom is 0.324 e. The molecule has 0 bridgehead atoms. The van der Waals surface area contributed by atoms with Crippen LogP contribution in [0, 0.1) is 0 Å². The number of nitrogens with zero attached hydrogens (tertiary/aromatic N) is 1. The molecule has 1 aromatic carbocycles. The molecular weight excluding hydrogens is 314 g/mol. The van der Waals surface area contributed by atoms with E-state index in [1.807, 2.05) is 0 Å². The van der Waals surface area contributed by atoms with Gasteiger partial charge in [-0.05, 0) is 12.1 Å². The van der Waals surface area contributed by atoms with Gasteiger partial charge in [-0.1, -0.05) is 6.07 Å². The van der Waals surface area contributed by atoms with E-state index in [4.69, 9.17) is 14.2 Å². The van der Waals surface area contributed by atoms with Crippen LogP contribution in [0.3, 0.4) is 0 Å². The second-order valence-corrected chi connectivity index (χ2v) is 6.68. The molecule has 2 heterocycles. The average molecular weight is 329 g/mol. The van der Waals surface area contributed by atoms with Crippen molar-refractivity contribution in [3.8, 4) is 11.5 Å². The second-order valence-electron chi connectivity index (χ2n) is 4.83. The number of sulfonamides is 1. The van der Waals surface area contributed by atoms with Crippen molar-refractivity contribution in [2.45, 2.75) is 10.9 Å². The Kier molecular flexibility index (Phi) is 3.94. The number of hydrogen-bond donors (Lipinski definition) is 1. The van der Waals surface area contributed by atoms with Crippen LogP contribution in [-0.4, -0.2) is 62.8 Å². The lowest BCUT2D eigenvalue weighted by Gasteiger charge is -2.32. The van der Waals surface area contributed by atoms with Crippen LogP contribution in [0.4, 0.5) is 0 Å². The van der Waals surface area contributed by atoms with Crippen molar-refractivity contribution in [2.24, 2.45) is 0 Å². The minimum absolute atomic E-state index is 0.0240. The standard InChI is InChI=1S/C13H15NO7S/c15-13(16)9-8-19-5-4-14(9)22(17,18)11-3-1-2-10-12(11)21-7-6-20-10/h1-3,9H,4-8H2,(H,15,16). The molecule has 0 saturated carbocycles. The third kappa shape index (κ3) is 2.51. The van der Waals surface area contributed by atoms with Gasteiger partial charge >= 0.3 is 5.97 Å². The monoisotopic (exact) mass is 329 g/mol. The molecule has 1 aromatic rings. The predicted molar refractivity (Wildman–Crippen MR) is 73.6 cm³/mol. The Bertz CT molecular complexity index is 688. The fourth-order valence-corrected chi connectivity index (χ4v) is 4.14. The summed E-state index contributed by atoms with van der Waals surface area (Å²) in [5.41, 5.74) is 0. The maximum absolute atomic E-state index is 12.8. The van der Waals surface area contributed by atoms with Gasteiger partial charge < -0.3 is 19.3 Å². The number of rotatable bonds is 3. The molecule has 1 fully saturated rings. The number of morpholine rings is 1. The number of fused-ring (bicyclic) bond motifs is 1. The SMILES string of the molecule is O=C(O)C1COCCN1S(=O)(=O)c1cccc2c1OCCO2. The third-order valence-corrected chi connectivity index (χ3v) is 5.41. The smallest absolute Gasteiger partial charge is 0.324 e. The molecule has 2 aliphatic rings. The zero-order valence-electron chi connectivity index (χ0n) is 11.6. The van der Waals surface area contributed by atoms with E-state index in [1.165, 1.54) is 12.1 Å². The zero-order chi connectivity index (χ0) is 15.7. The van der Waals surface area contributed by atoms with Gasteiger partial charge in [0.05, 0.1) is 13.2 Å². The topological polar surface area (TPSA) is 102 Å². The van der Waals surface area contributed by atoms with Crippen LogP contribution in [0.2, 0.25) is 0 Å². The molecule has 1 unspecified atom stereocenters. The highest BCUT2D eigenvalue weighted by atomic mass is 32.2. The Morgan fingerprint density at radius 1 is 1.23 bits per heavy atom. The zero-order valence-corrected chi connectivity index (χ0v) is 12.4. The molecule has 9 heteroatoms. The summed E-state index contributed by atoms with van der Waals surface area (Å²) < 4.78 is 42.5. The molecule has 1 saturated heterocycles. The van der Waals surface area contributed by atoms with Gasteiger partial charge in [-0.25, -0.2) is 8.42 Å². The quantitative estimate of drug-likeness (QED) is 0.828. The molecule has 1 atom stereocenters. The fourth-order valence-electron chi connectivity index (χ4n) is 2.45. The number of benzene rings is 1. The van der Waals surface area contributed by atoms with E-state index in [0.29, 0.717) is 12.4 Å². The number of para-hydroxylation sites is 1. The summed E-state index contributed by atoms with van der Waals surface area (Å²) in [7, 11) is -4.03. The van der Waals surface area contributed by atoms with Gasteiger partial charge in [0.2, 0.25) is 10.0 Å². The Labute approximate surface area is 127 Å². The van der Waals surface area contributed by atoms with E-state index in [0.717, 1.165) is 4.31 Å². The molecule has 0 spiro atoms. The molecule has 0 aromatic heterocycles. The Hall–Kier alpha value is -1.84. The van der Waals surface area contributed by atoms with Gasteiger partial charge in [-0.15, -0.1) is 0 Å². The molecular formula is C13H15NO7S. The first-order valence-corrected chi connectivity index (χ1v) is 8.17. The molecule has 22 heavy (non-hydrogen) atoms. The van der Waals surface area contributed by atoms with Gasteiger partial charge in [0.15, 0.2) is 11.5 Å². The van der Waals surface area contributed by atoms with E-state index < -0.39 is 22.0 Å². The minimum Gasteiger partial charge on any atom is -0.486 e. The fraction of sp³-hybridized carbons (Fsp3) is 0.462. The van der Waals surface area contributed by atoms with Gasteiger partial charge in [0.25, 0.3) is 0 Å². The lowest BCUT2D eigenvalue weighted by molar-refractivity contribution is -0.146. The predicted octanol–water partition coefficient (Wildman–Crippen LogP) is -0.0681. The normalized spacial score (nSPS) is 22.3. The first kappa shape index (κ1) is 15.1. The van der Waals surface area contributed by atoms with Gasteiger partial charge in [0, 0.05) is 6.54 Å². The molecule has 3 rings (SSSR count). The van der Waals surface area contributed by atoms with Gasteiger partial charge in [-0.3, -0.25) is 4.79 Å². The number of carboxylic acids is 1. The Morgan fingerprint density at radius 3 is 2.77 bits per heavy atom. The van der Waals surface area contributed by atoms with Crippen LogP contribution in [0.25, 0.3) is 0 Å². The maximum atomic E-state index is 12.8. The largest absolute Gasteiger partial charge is 0.486 e. The molecule has 120 valence electrons. The van der Waals surface area contributed by atoms with Gasteiger partial charge in [-0.2, -0.15) is 4.31 Å². The van der Waals surface area contributed by atoms with Crippen molar-refractivity contribution < 1.29 is 32.5 Å². The Balaban J connectivity index is 2.04. The number of carbonyl (C=O) groups is 1. The second kappa shape index (κ2) is 5.75. The van der Waals surface area contributed by atoms with Crippen molar-refractivity contribution in [3.05, 3.63) is 18.2 Å². The average Bonchev–Trinajstić information content (AvgIpc) is 2.54. The van der Waals surface area contributed by atoms with Crippen molar-refractivity contribution in [1.82, 2.24) is 4.31 Å². The summed E-state index contributed by atoms with van der Waals surface area (Å²) in [5, 5.41) is 9.22. The van der Waals surface area contributed by atoms with Crippen LogP contribution in [0.5, 0.6) is 11.5 Å². The van der Waals surface area contributed by atoms with Crippen LogP contribution >= 0.6 is 0 Å². The summed E-state index contributed by atoms with van der Waals surface area (Å²) in [4.78, 5) is 11.2. The molecule has 2 aliphatic heterocycles. The summed E-state index contributed by atoms with van der Waals surface area (Å²) in [5.74, 6) is -0.776. The lowest BCUT2D eigenvalue weighted by Crippen LogP contribution is -2.52. The number of aliphatic carboxylic acids is 1. The van der Waals surface area contributed by atoms with Gasteiger partial charge in [0.1, 0.15) is 24.2 Å². The highest BCUT2D eigenvalue weighted by molar-refractivity contribution is 7.89. The van der Waals surface area contributed by atoms with E-state index in [2.05, 4.69) is 0 Å². The minimum atomic E-state index is -4.03. The number of ether oxygens (including phenoxy) is 3. The molecule has 0 aliphatic carbocycles. The van der Waals surface area contributed by atoms with E-state index >= 15 is 0 Å². The Morgan fingerprint density at radius 2 is 2.00 bits per heavy atom. The third-order valence-electron chi connectivity index (χ3n) is 3.48. The van der Waals surface area contributed by atoms with Crippen LogP contribution in [0.15, 0.2) is 23.1 Å². The van der Waals surface area contributed by atoms with E-state index in [1.54, 1.807) is 6.07 Å². The summed E-state index contributed by atoms with van der Waals surface area (Å²) in [6.45, 7) is 0.525. The first-order valence-electron chi connectivity index (χ1n) is 6.73. The van der Waals surface area contributed by atoms with Crippen LogP contribution in [0.1, 0.15) is 0 Å². The van der Waals surface area contributed by atoms with E-state index in [9.17, 15) is 18.3 Å². The number of hydrogen-bond acceptors (Lipinski definition) is 6. The summed E-state index contributed by atoms with van der Waals surface area (Å²) in [6.07, 6.45) is 0. The van der Waals surface area contributed by atoms with Crippen molar-refractivity contribution in [1.29, 1.82) is 0 Å². The summed E-state index contributed by atoms with van der Waals surface area (Å²) in [6, 6.07) is 3.29. The lowest BCUT2D eigenvalue weighted by atomic mass is 10.3. The van der Waals surface area contributed by atoms with E-state index in [-0.39, 0.29) is 37.0 Å². The first-order chi connectivity index (χ1) is 10.5. The van der Waals surface area contributed by atoms with Crippen LogP contribution < -0.4 is 9.47 Å². The molecule has 0 amide bonds. The van der Waals surface area contributed by atoms with Crippen molar-refractivity contribution in [3.63, 3.8) is 0 Å². The van der Waals surface area contributed by atoms with Crippen molar-refractivity contribution in [2.75, 3.05) is 33.0 Å². The summed E-state index contributed by atoms with van der Waals surface area (Å²) >= 11 is 0. The molecule has 1 N–H and O–H groups in total. The molecule has 8 nitrogen and oxygen atoms in total. The van der Waals surface area contributed by atoms with Crippen LogP contribution in [-0.2, 0) is 19.6 Å².